The predicted molar refractivity (Wildman–Crippen MR) is 170 cm³/mol. The zero-order chi connectivity index (χ0) is 31.6. The molecule has 10 nitrogen and oxygen atoms in total. The molecule has 45 heavy (non-hydrogen) atoms. The Morgan fingerprint density at radius 2 is 1.62 bits per heavy atom. The van der Waals surface area contributed by atoms with Crippen molar-refractivity contribution in [3.8, 4) is 0 Å². The van der Waals surface area contributed by atoms with Crippen molar-refractivity contribution in [3.05, 3.63) is 83.9 Å². The fraction of sp³-hybridized carbons (Fsp3) is 0.343. The fourth-order valence-corrected chi connectivity index (χ4v) is 7.78. The SMILES string of the molecule is CC(=O)Nc1ccc(N2C(=O)[C@H]3[C@@H](C2=O)[C@]2(N[C@@H]3CC(C)C)C(=O)N(CC(=O)N3CCc4ccccc43)c3ccccc32)cc1. The van der Waals surface area contributed by atoms with Gasteiger partial charge in [-0.15, -0.1) is 0 Å². The van der Waals surface area contributed by atoms with E-state index in [-0.39, 0.29) is 30.2 Å². The van der Waals surface area contributed by atoms with Gasteiger partial charge in [-0.2, -0.15) is 0 Å². The lowest BCUT2D eigenvalue weighted by molar-refractivity contribution is -0.132. The second-order valence-corrected chi connectivity index (χ2v) is 12.8. The molecule has 1 spiro atoms. The molecule has 4 aliphatic heterocycles. The molecule has 4 heterocycles. The molecule has 3 aromatic rings. The minimum absolute atomic E-state index is 0.184. The van der Waals surface area contributed by atoms with Gasteiger partial charge in [-0.05, 0) is 60.7 Å². The van der Waals surface area contributed by atoms with Gasteiger partial charge >= 0.3 is 0 Å². The lowest BCUT2D eigenvalue weighted by Crippen LogP contribution is -2.56. The standard InChI is InChI=1S/C35H35N5O5/c1-20(2)18-26-30-31(33(44)40(32(30)43)24-14-12-23(13-15-24)36-21(3)41)35(37-26)25-9-5-7-11-28(25)39(34(35)45)19-29(42)38-17-16-22-8-4-6-10-27(22)38/h4-15,20,26,30-31,37H,16-19H2,1-3H3,(H,36,41)/t26-,30-,31+,35+/m1/s1. The number of imide groups is 1. The lowest BCUT2D eigenvalue weighted by atomic mass is 9.76. The molecule has 2 saturated heterocycles. The van der Waals surface area contributed by atoms with Crippen LogP contribution in [0.4, 0.5) is 22.7 Å². The molecule has 0 radical (unpaired) electrons. The van der Waals surface area contributed by atoms with Crippen molar-refractivity contribution in [3.63, 3.8) is 0 Å². The molecule has 4 atom stereocenters. The van der Waals surface area contributed by atoms with Crippen LogP contribution in [0.15, 0.2) is 72.8 Å². The first kappa shape index (κ1) is 28.9. The molecule has 10 heteroatoms. The zero-order valence-electron chi connectivity index (χ0n) is 25.4. The van der Waals surface area contributed by atoms with Crippen LogP contribution in [-0.2, 0) is 35.9 Å². The third-order valence-corrected chi connectivity index (χ3v) is 9.52. The van der Waals surface area contributed by atoms with Crippen LogP contribution in [-0.4, -0.2) is 48.7 Å². The van der Waals surface area contributed by atoms with Crippen LogP contribution in [0.3, 0.4) is 0 Å². The van der Waals surface area contributed by atoms with E-state index in [1.807, 2.05) is 56.3 Å². The summed E-state index contributed by atoms with van der Waals surface area (Å²) in [6.07, 6.45) is 1.33. The van der Waals surface area contributed by atoms with Gasteiger partial charge < -0.3 is 15.1 Å². The van der Waals surface area contributed by atoms with Crippen LogP contribution in [0.1, 0.15) is 38.3 Å². The molecule has 2 N–H and O–H groups in total. The van der Waals surface area contributed by atoms with Crippen molar-refractivity contribution >= 4 is 52.3 Å². The molecular weight excluding hydrogens is 570 g/mol. The number of nitrogens with zero attached hydrogens (tertiary/aromatic N) is 3. The van der Waals surface area contributed by atoms with Crippen molar-refractivity contribution in [2.75, 3.05) is 33.1 Å². The Labute approximate surface area is 261 Å². The number of anilines is 4. The van der Waals surface area contributed by atoms with Gasteiger partial charge in [-0.25, -0.2) is 4.90 Å². The first-order valence-electron chi connectivity index (χ1n) is 15.4. The highest BCUT2D eigenvalue weighted by atomic mass is 16.2. The number of amides is 5. The Balaban J connectivity index is 1.27. The maximum Gasteiger partial charge on any atom is 0.253 e. The molecule has 2 fully saturated rings. The molecular formula is C35H35N5O5. The summed E-state index contributed by atoms with van der Waals surface area (Å²) in [5, 5.41) is 6.22. The van der Waals surface area contributed by atoms with E-state index < -0.39 is 35.2 Å². The topological polar surface area (TPSA) is 119 Å². The maximum absolute atomic E-state index is 14.8. The number of para-hydroxylation sites is 2. The van der Waals surface area contributed by atoms with E-state index in [4.69, 9.17) is 0 Å². The van der Waals surface area contributed by atoms with Gasteiger partial charge in [0, 0.05) is 42.1 Å². The monoisotopic (exact) mass is 605 g/mol. The van der Waals surface area contributed by atoms with Crippen molar-refractivity contribution < 1.29 is 24.0 Å². The zero-order valence-corrected chi connectivity index (χ0v) is 25.4. The smallest absolute Gasteiger partial charge is 0.253 e. The molecule has 0 aliphatic carbocycles. The van der Waals surface area contributed by atoms with Gasteiger partial charge in [-0.1, -0.05) is 50.2 Å². The molecule has 0 aromatic heterocycles. The van der Waals surface area contributed by atoms with Crippen molar-refractivity contribution in [2.24, 2.45) is 17.8 Å². The Hall–Kier alpha value is -4.83. The number of fused-ring (bicyclic) bond motifs is 5. The minimum atomic E-state index is -1.50. The average molecular weight is 606 g/mol. The summed E-state index contributed by atoms with van der Waals surface area (Å²) in [5.74, 6) is -3.23. The number of carbonyl (C=O) groups is 5. The molecule has 0 unspecified atom stereocenters. The minimum Gasteiger partial charge on any atom is -0.326 e. The first-order valence-corrected chi connectivity index (χ1v) is 15.4. The Morgan fingerprint density at radius 1 is 0.933 bits per heavy atom. The van der Waals surface area contributed by atoms with E-state index in [0.717, 1.165) is 17.7 Å². The van der Waals surface area contributed by atoms with Gasteiger partial charge in [0.1, 0.15) is 12.1 Å². The van der Waals surface area contributed by atoms with Crippen LogP contribution >= 0.6 is 0 Å². The Morgan fingerprint density at radius 3 is 2.33 bits per heavy atom. The van der Waals surface area contributed by atoms with Crippen molar-refractivity contribution in [2.45, 2.75) is 45.2 Å². The van der Waals surface area contributed by atoms with Gasteiger partial charge in [0.2, 0.25) is 23.6 Å². The Kier molecular flexibility index (Phi) is 6.85. The summed E-state index contributed by atoms with van der Waals surface area (Å²) in [6.45, 7) is 5.85. The predicted octanol–water partition coefficient (Wildman–Crippen LogP) is 3.60. The average Bonchev–Trinajstić information content (AvgIpc) is 3.72. The summed E-state index contributed by atoms with van der Waals surface area (Å²) in [5.41, 5.74) is 2.54. The van der Waals surface area contributed by atoms with E-state index in [1.54, 1.807) is 35.2 Å². The molecule has 7 rings (SSSR count). The van der Waals surface area contributed by atoms with Crippen molar-refractivity contribution in [1.29, 1.82) is 0 Å². The number of benzene rings is 3. The van der Waals surface area contributed by atoms with Crippen LogP contribution in [0, 0.1) is 17.8 Å². The first-order chi connectivity index (χ1) is 21.6. The highest BCUT2D eigenvalue weighted by Crippen LogP contribution is 2.56. The Bertz CT molecular complexity index is 1750. The van der Waals surface area contributed by atoms with Gasteiger partial charge in [0.05, 0.1) is 17.5 Å². The maximum atomic E-state index is 14.8. The number of nitrogens with one attached hydrogen (secondary N) is 2. The fourth-order valence-electron chi connectivity index (χ4n) is 7.78. The van der Waals surface area contributed by atoms with Gasteiger partial charge in [-0.3, -0.25) is 29.3 Å². The summed E-state index contributed by atoms with van der Waals surface area (Å²) in [7, 11) is 0. The summed E-state index contributed by atoms with van der Waals surface area (Å²) in [6, 6.07) is 21.1. The largest absolute Gasteiger partial charge is 0.326 e. The van der Waals surface area contributed by atoms with Crippen LogP contribution in [0.25, 0.3) is 0 Å². The summed E-state index contributed by atoms with van der Waals surface area (Å²) < 4.78 is 0. The lowest BCUT2D eigenvalue weighted by Gasteiger charge is -2.31. The second-order valence-electron chi connectivity index (χ2n) is 12.8. The molecule has 5 amide bonds. The van der Waals surface area contributed by atoms with Crippen molar-refractivity contribution in [1.82, 2.24) is 5.32 Å². The number of carbonyl (C=O) groups excluding carboxylic acids is 5. The number of rotatable bonds is 6. The molecule has 3 aromatic carbocycles. The van der Waals surface area contributed by atoms with E-state index in [1.165, 1.54) is 16.7 Å². The third kappa shape index (κ3) is 4.38. The van der Waals surface area contributed by atoms with E-state index in [2.05, 4.69) is 10.6 Å². The van der Waals surface area contributed by atoms with E-state index in [9.17, 15) is 24.0 Å². The summed E-state index contributed by atoms with van der Waals surface area (Å²) >= 11 is 0. The quantitative estimate of drug-likeness (QED) is 0.415. The number of hydrogen-bond donors (Lipinski definition) is 2. The van der Waals surface area contributed by atoms with E-state index in [0.29, 0.717) is 35.6 Å². The van der Waals surface area contributed by atoms with Crippen LogP contribution in [0.2, 0.25) is 0 Å². The van der Waals surface area contributed by atoms with Gasteiger partial charge in [0.25, 0.3) is 5.91 Å². The highest BCUT2D eigenvalue weighted by molar-refractivity contribution is 6.26. The summed E-state index contributed by atoms with van der Waals surface area (Å²) in [4.78, 5) is 73.1. The second kappa shape index (κ2) is 10.7. The van der Waals surface area contributed by atoms with Crippen LogP contribution in [0.5, 0.6) is 0 Å². The highest BCUT2D eigenvalue weighted by Gasteiger charge is 2.71. The van der Waals surface area contributed by atoms with Gasteiger partial charge in [0.15, 0.2) is 0 Å². The molecule has 0 bridgehead atoms. The molecule has 230 valence electrons. The normalized spacial score (nSPS) is 24.9. The molecule has 4 aliphatic rings. The third-order valence-electron chi connectivity index (χ3n) is 9.52. The van der Waals surface area contributed by atoms with E-state index >= 15 is 0 Å². The van der Waals surface area contributed by atoms with Crippen LogP contribution < -0.4 is 25.3 Å². The number of hydrogen-bond acceptors (Lipinski definition) is 6. The molecule has 0 saturated carbocycles.